The number of amides is 1. The third-order valence-electron chi connectivity index (χ3n) is 2.90. The smallest absolute Gasteiger partial charge is 0.254 e. The normalized spacial score (nSPS) is 10.3. The Morgan fingerprint density at radius 2 is 1.95 bits per heavy atom. The fourth-order valence-corrected chi connectivity index (χ4v) is 2.04. The van der Waals surface area contributed by atoms with Gasteiger partial charge in [0.15, 0.2) is 0 Å². The van der Waals surface area contributed by atoms with Gasteiger partial charge in [-0.3, -0.25) is 4.79 Å². The highest BCUT2D eigenvalue weighted by atomic mass is 35.5. The Kier molecular flexibility index (Phi) is 5.98. The summed E-state index contributed by atoms with van der Waals surface area (Å²) in [4.78, 5) is 20.1. The summed E-state index contributed by atoms with van der Waals surface area (Å²) in [5.74, 6) is 0.162. The Morgan fingerprint density at radius 3 is 2.64 bits per heavy atom. The summed E-state index contributed by atoms with van der Waals surface area (Å²) in [5, 5.41) is 6.83. The maximum atomic E-state index is 11.8. The Labute approximate surface area is 139 Å². The topological polar surface area (TPSA) is 66.9 Å². The number of anilines is 2. The van der Waals surface area contributed by atoms with Gasteiger partial charge in [-0.05, 0) is 24.6 Å². The molecule has 0 saturated heterocycles. The summed E-state index contributed by atoms with van der Waals surface area (Å²) in [6.07, 6.45) is 4.91. The molecule has 0 bridgehead atoms. The van der Waals surface area contributed by atoms with Crippen molar-refractivity contribution < 1.29 is 4.79 Å². The van der Waals surface area contributed by atoms with Crippen molar-refractivity contribution in [3.8, 4) is 0 Å². The van der Waals surface area contributed by atoms with E-state index in [0.717, 1.165) is 12.8 Å². The van der Waals surface area contributed by atoms with Crippen LogP contribution in [0.4, 0.5) is 11.6 Å². The highest BCUT2D eigenvalue weighted by Crippen LogP contribution is 2.27. The number of carbonyl (C=O) groups excluding carboxylic acids is 1. The highest BCUT2D eigenvalue weighted by Gasteiger charge is 2.08. The molecule has 0 aliphatic rings. The van der Waals surface area contributed by atoms with Crippen molar-refractivity contribution >= 4 is 40.7 Å². The molecular weight excluding hydrogens is 323 g/mol. The first-order valence-electron chi connectivity index (χ1n) is 6.92. The molecule has 0 spiro atoms. The van der Waals surface area contributed by atoms with Crippen LogP contribution >= 0.6 is 23.2 Å². The standard InChI is InChI=1S/C15H16Cl2N4O/c1-2-3-6-18-14(22)10-8-19-15(20-9-10)21-13-7-11(16)4-5-12(13)17/h4-5,7-9H,2-3,6H2,1H3,(H,18,22)(H,19,20,21). The number of rotatable bonds is 6. The Bertz CT molecular complexity index is 646. The van der Waals surface area contributed by atoms with Crippen molar-refractivity contribution in [3.05, 3.63) is 46.2 Å². The molecule has 0 radical (unpaired) electrons. The first kappa shape index (κ1) is 16.5. The van der Waals surface area contributed by atoms with E-state index >= 15 is 0 Å². The van der Waals surface area contributed by atoms with Crippen molar-refractivity contribution in [2.24, 2.45) is 0 Å². The fourth-order valence-electron chi connectivity index (χ4n) is 1.70. The van der Waals surface area contributed by atoms with E-state index in [1.165, 1.54) is 12.4 Å². The number of hydrogen-bond acceptors (Lipinski definition) is 4. The van der Waals surface area contributed by atoms with Crippen LogP contribution in [0.15, 0.2) is 30.6 Å². The number of benzene rings is 1. The van der Waals surface area contributed by atoms with Gasteiger partial charge in [0.05, 0.1) is 16.3 Å². The van der Waals surface area contributed by atoms with Crippen LogP contribution in [0.2, 0.25) is 10.0 Å². The maximum absolute atomic E-state index is 11.8. The third kappa shape index (κ3) is 4.58. The van der Waals surface area contributed by atoms with E-state index in [1.54, 1.807) is 18.2 Å². The number of nitrogens with zero attached hydrogens (tertiary/aromatic N) is 2. The molecule has 116 valence electrons. The predicted octanol–water partition coefficient (Wildman–Crippen LogP) is 4.06. The van der Waals surface area contributed by atoms with Crippen LogP contribution in [0.1, 0.15) is 30.1 Å². The van der Waals surface area contributed by atoms with Crippen LogP contribution in [0.5, 0.6) is 0 Å². The number of halogens is 2. The molecule has 0 saturated carbocycles. The molecule has 0 fully saturated rings. The number of carbonyl (C=O) groups is 1. The van der Waals surface area contributed by atoms with E-state index in [9.17, 15) is 4.79 Å². The first-order chi connectivity index (χ1) is 10.6. The van der Waals surface area contributed by atoms with Crippen LogP contribution in [0.3, 0.4) is 0 Å². The second kappa shape index (κ2) is 7.96. The van der Waals surface area contributed by atoms with Crippen LogP contribution in [-0.4, -0.2) is 22.4 Å². The van der Waals surface area contributed by atoms with E-state index in [4.69, 9.17) is 23.2 Å². The first-order valence-corrected chi connectivity index (χ1v) is 7.68. The highest BCUT2D eigenvalue weighted by molar-refractivity contribution is 6.35. The minimum atomic E-state index is -0.180. The number of hydrogen-bond donors (Lipinski definition) is 2. The quantitative estimate of drug-likeness (QED) is 0.779. The maximum Gasteiger partial charge on any atom is 0.254 e. The molecule has 2 N–H and O–H groups in total. The van der Waals surface area contributed by atoms with Gasteiger partial charge in [-0.25, -0.2) is 9.97 Å². The van der Waals surface area contributed by atoms with Gasteiger partial charge in [-0.1, -0.05) is 36.5 Å². The Hall–Kier alpha value is -1.85. The lowest BCUT2D eigenvalue weighted by Crippen LogP contribution is -2.24. The van der Waals surface area contributed by atoms with Gasteiger partial charge in [-0.2, -0.15) is 0 Å². The number of nitrogens with one attached hydrogen (secondary N) is 2. The Morgan fingerprint density at radius 1 is 1.23 bits per heavy atom. The number of unbranched alkanes of at least 4 members (excludes halogenated alkanes) is 1. The summed E-state index contributed by atoms with van der Waals surface area (Å²) in [6, 6.07) is 5.06. The summed E-state index contributed by atoms with van der Waals surface area (Å²) >= 11 is 12.0. The largest absolute Gasteiger partial charge is 0.352 e. The van der Waals surface area contributed by atoms with Crippen molar-refractivity contribution in [1.29, 1.82) is 0 Å². The lowest BCUT2D eigenvalue weighted by molar-refractivity contribution is 0.0952. The van der Waals surface area contributed by atoms with Crippen LogP contribution in [-0.2, 0) is 0 Å². The zero-order valence-corrected chi connectivity index (χ0v) is 13.6. The molecule has 0 unspecified atom stereocenters. The van der Waals surface area contributed by atoms with Crippen molar-refractivity contribution in [2.75, 3.05) is 11.9 Å². The molecule has 1 aromatic heterocycles. The van der Waals surface area contributed by atoms with Crippen molar-refractivity contribution in [1.82, 2.24) is 15.3 Å². The minimum Gasteiger partial charge on any atom is -0.352 e. The molecular formula is C15H16Cl2N4O. The average molecular weight is 339 g/mol. The van der Waals surface area contributed by atoms with Gasteiger partial charge in [0, 0.05) is 24.0 Å². The van der Waals surface area contributed by atoms with Gasteiger partial charge in [0.2, 0.25) is 5.95 Å². The van der Waals surface area contributed by atoms with E-state index in [0.29, 0.717) is 33.8 Å². The van der Waals surface area contributed by atoms with Gasteiger partial charge >= 0.3 is 0 Å². The summed E-state index contributed by atoms with van der Waals surface area (Å²) in [5.41, 5.74) is 1.02. The molecule has 0 aliphatic carbocycles. The minimum absolute atomic E-state index is 0.180. The molecule has 22 heavy (non-hydrogen) atoms. The zero-order valence-electron chi connectivity index (χ0n) is 12.1. The molecule has 0 atom stereocenters. The van der Waals surface area contributed by atoms with Crippen LogP contribution in [0.25, 0.3) is 0 Å². The third-order valence-corrected chi connectivity index (χ3v) is 3.47. The lowest BCUT2D eigenvalue weighted by Gasteiger charge is -2.08. The predicted molar refractivity (Wildman–Crippen MR) is 89.0 cm³/mol. The molecule has 0 aliphatic heterocycles. The molecule has 2 rings (SSSR count). The van der Waals surface area contributed by atoms with Crippen molar-refractivity contribution in [2.45, 2.75) is 19.8 Å². The number of aromatic nitrogens is 2. The summed E-state index contributed by atoms with van der Waals surface area (Å²) in [6.45, 7) is 2.71. The molecule has 7 heteroatoms. The van der Waals surface area contributed by atoms with Gasteiger partial charge in [0.25, 0.3) is 5.91 Å². The lowest BCUT2D eigenvalue weighted by atomic mass is 10.3. The monoisotopic (exact) mass is 338 g/mol. The van der Waals surface area contributed by atoms with E-state index in [1.807, 2.05) is 0 Å². The molecule has 1 heterocycles. The second-order valence-electron chi connectivity index (χ2n) is 4.65. The van der Waals surface area contributed by atoms with E-state index in [-0.39, 0.29) is 5.91 Å². The van der Waals surface area contributed by atoms with E-state index in [2.05, 4.69) is 27.5 Å². The SMILES string of the molecule is CCCCNC(=O)c1cnc(Nc2cc(Cl)ccc2Cl)nc1. The molecule has 5 nitrogen and oxygen atoms in total. The Balaban J connectivity index is 2.02. The zero-order chi connectivity index (χ0) is 15.9. The van der Waals surface area contributed by atoms with Crippen LogP contribution in [0, 0.1) is 0 Å². The van der Waals surface area contributed by atoms with E-state index < -0.39 is 0 Å². The molecule has 2 aromatic rings. The summed E-state index contributed by atoms with van der Waals surface area (Å²) in [7, 11) is 0. The molecule has 1 aromatic carbocycles. The second-order valence-corrected chi connectivity index (χ2v) is 5.50. The summed E-state index contributed by atoms with van der Waals surface area (Å²) < 4.78 is 0. The van der Waals surface area contributed by atoms with Gasteiger partial charge < -0.3 is 10.6 Å². The van der Waals surface area contributed by atoms with Crippen LogP contribution < -0.4 is 10.6 Å². The van der Waals surface area contributed by atoms with Gasteiger partial charge in [-0.15, -0.1) is 0 Å². The van der Waals surface area contributed by atoms with Crippen molar-refractivity contribution in [3.63, 3.8) is 0 Å². The molecule has 1 amide bonds. The average Bonchev–Trinajstić information content (AvgIpc) is 2.52. The van der Waals surface area contributed by atoms with Gasteiger partial charge in [0.1, 0.15) is 0 Å². The fraction of sp³-hybridized carbons (Fsp3) is 0.267.